The summed E-state index contributed by atoms with van der Waals surface area (Å²) in [6.45, 7) is 0.293. The minimum absolute atomic E-state index is 0.168. The number of hydrogen-bond acceptors (Lipinski definition) is 4. The van der Waals surface area contributed by atoms with Crippen LogP contribution in [0.2, 0.25) is 0 Å². The smallest absolute Gasteiger partial charge is 0.274 e. The Morgan fingerprint density at radius 2 is 1.64 bits per heavy atom. The Morgan fingerprint density at radius 1 is 0.880 bits per heavy atom. The number of carbonyl (C=O) groups is 2. The topological polar surface area (TPSA) is 67.4 Å². The largest absolute Gasteiger partial charge is 0.321 e. The van der Waals surface area contributed by atoms with Gasteiger partial charge in [0.05, 0.1) is 11.5 Å². The number of anilines is 1. The van der Waals surface area contributed by atoms with Crippen LogP contribution in [-0.4, -0.2) is 11.8 Å². The van der Waals surface area contributed by atoms with Crippen molar-refractivity contribution in [3.8, 4) is 0 Å². The maximum absolute atomic E-state index is 12.0. The zero-order chi connectivity index (χ0) is 17.5. The standard InChI is InChI=1S/C19H16N2O3S/c22-18(21-24-13-14-5-2-1-3-6-14)15-8-10-16(11-9-15)20-19(23)17-7-4-12-25-17/h1-12H,13H2,(H,20,23)(H,21,22). The molecule has 1 aromatic heterocycles. The van der Waals surface area contributed by atoms with E-state index in [1.54, 1.807) is 30.3 Å². The average molecular weight is 352 g/mol. The molecule has 2 N–H and O–H groups in total. The molecule has 5 nitrogen and oxygen atoms in total. The Morgan fingerprint density at radius 3 is 2.32 bits per heavy atom. The van der Waals surface area contributed by atoms with Crippen molar-refractivity contribution in [2.45, 2.75) is 6.61 Å². The second-order valence-electron chi connectivity index (χ2n) is 5.21. The van der Waals surface area contributed by atoms with Crippen molar-refractivity contribution in [3.63, 3.8) is 0 Å². The van der Waals surface area contributed by atoms with Crippen LogP contribution in [0, 0.1) is 0 Å². The van der Waals surface area contributed by atoms with Gasteiger partial charge in [-0.1, -0.05) is 36.4 Å². The second-order valence-corrected chi connectivity index (χ2v) is 6.16. The van der Waals surface area contributed by atoms with Gasteiger partial charge in [-0.25, -0.2) is 5.48 Å². The number of hydroxylamine groups is 1. The molecule has 6 heteroatoms. The van der Waals surface area contributed by atoms with Gasteiger partial charge in [-0.2, -0.15) is 0 Å². The molecule has 0 atom stereocenters. The van der Waals surface area contributed by atoms with Crippen LogP contribution in [0.1, 0.15) is 25.6 Å². The monoisotopic (exact) mass is 352 g/mol. The van der Waals surface area contributed by atoms with Crippen molar-refractivity contribution >= 4 is 28.8 Å². The third-order valence-electron chi connectivity index (χ3n) is 3.40. The first-order valence-electron chi connectivity index (χ1n) is 7.63. The van der Waals surface area contributed by atoms with Gasteiger partial charge < -0.3 is 5.32 Å². The Kier molecular flexibility index (Phi) is 5.56. The zero-order valence-corrected chi connectivity index (χ0v) is 14.1. The van der Waals surface area contributed by atoms with Gasteiger partial charge in [0.1, 0.15) is 0 Å². The quantitative estimate of drug-likeness (QED) is 0.662. The molecule has 0 aliphatic carbocycles. The van der Waals surface area contributed by atoms with Crippen molar-refractivity contribution in [1.29, 1.82) is 0 Å². The number of amides is 2. The molecule has 1 heterocycles. The van der Waals surface area contributed by atoms with Crippen molar-refractivity contribution in [3.05, 3.63) is 88.1 Å². The van der Waals surface area contributed by atoms with E-state index in [0.29, 0.717) is 22.7 Å². The summed E-state index contributed by atoms with van der Waals surface area (Å²) in [4.78, 5) is 29.9. The van der Waals surface area contributed by atoms with Crippen molar-refractivity contribution < 1.29 is 14.4 Å². The number of benzene rings is 2. The lowest BCUT2D eigenvalue weighted by atomic mass is 10.2. The Balaban J connectivity index is 1.51. The van der Waals surface area contributed by atoms with Gasteiger partial charge >= 0.3 is 0 Å². The minimum atomic E-state index is -0.341. The van der Waals surface area contributed by atoms with Gasteiger partial charge in [0.2, 0.25) is 0 Å². The van der Waals surface area contributed by atoms with Crippen LogP contribution in [0.3, 0.4) is 0 Å². The van der Waals surface area contributed by atoms with Crippen LogP contribution in [-0.2, 0) is 11.4 Å². The first-order chi connectivity index (χ1) is 12.2. The molecule has 25 heavy (non-hydrogen) atoms. The van der Waals surface area contributed by atoms with E-state index >= 15 is 0 Å². The van der Waals surface area contributed by atoms with Gasteiger partial charge in [0.25, 0.3) is 11.8 Å². The van der Waals surface area contributed by atoms with Gasteiger partial charge in [0, 0.05) is 11.3 Å². The van der Waals surface area contributed by atoms with Crippen molar-refractivity contribution in [2.75, 3.05) is 5.32 Å². The number of carbonyl (C=O) groups excluding carboxylic acids is 2. The molecular weight excluding hydrogens is 336 g/mol. The molecule has 0 aliphatic heterocycles. The zero-order valence-electron chi connectivity index (χ0n) is 13.3. The van der Waals surface area contributed by atoms with Crippen LogP contribution in [0.25, 0.3) is 0 Å². The van der Waals surface area contributed by atoms with Crippen LogP contribution in [0.5, 0.6) is 0 Å². The summed E-state index contributed by atoms with van der Waals surface area (Å²) >= 11 is 1.37. The summed E-state index contributed by atoms with van der Waals surface area (Å²) in [5.41, 5.74) is 4.44. The molecule has 0 saturated carbocycles. The van der Waals surface area contributed by atoms with Crippen LogP contribution < -0.4 is 10.8 Å². The van der Waals surface area contributed by atoms with Crippen LogP contribution in [0.15, 0.2) is 72.1 Å². The molecular formula is C19H16N2O3S. The number of hydrogen-bond donors (Lipinski definition) is 2. The molecule has 0 saturated heterocycles. The predicted octanol–water partition coefficient (Wildman–Crippen LogP) is 3.86. The fraction of sp³-hybridized carbons (Fsp3) is 0.0526. The lowest BCUT2D eigenvalue weighted by molar-refractivity contribution is 0.0233. The molecule has 0 radical (unpaired) electrons. The highest BCUT2D eigenvalue weighted by atomic mass is 32.1. The van der Waals surface area contributed by atoms with Crippen LogP contribution in [0.4, 0.5) is 5.69 Å². The van der Waals surface area contributed by atoms with Gasteiger partial charge in [0.15, 0.2) is 0 Å². The Labute approximate surface area is 149 Å². The molecule has 2 amide bonds. The molecule has 3 aromatic rings. The fourth-order valence-electron chi connectivity index (χ4n) is 2.12. The number of thiophene rings is 1. The molecule has 126 valence electrons. The average Bonchev–Trinajstić information content (AvgIpc) is 3.18. The normalized spacial score (nSPS) is 10.2. The van der Waals surface area contributed by atoms with Gasteiger partial charge in [-0.3, -0.25) is 14.4 Å². The molecule has 0 bridgehead atoms. The van der Waals surface area contributed by atoms with Gasteiger partial charge in [-0.05, 0) is 41.3 Å². The Bertz CT molecular complexity index is 831. The highest BCUT2D eigenvalue weighted by molar-refractivity contribution is 7.12. The second kappa shape index (κ2) is 8.23. The van der Waals surface area contributed by atoms with Gasteiger partial charge in [-0.15, -0.1) is 11.3 Å². The van der Waals surface area contributed by atoms with Crippen molar-refractivity contribution in [2.24, 2.45) is 0 Å². The van der Waals surface area contributed by atoms with E-state index in [1.807, 2.05) is 41.8 Å². The number of nitrogens with one attached hydrogen (secondary N) is 2. The third-order valence-corrected chi connectivity index (χ3v) is 4.27. The molecule has 2 aromatic carbocycles. The summed E-state index contributed by atoms with van der Waals surface area (Å²) in [5, 5.41) is 4.63. The minimum Gasteiger partial charge on any atom is -0.321 e. The van der Waals surface area contributed by atoms with E-state index in [0.717, 1.165) is 5.56 Å². The van der Waals surface area contributed by atoms with E-state index in [4.69, 9.17) is 4.84 Å². The maximum atomic E-state index is 12.0. The van der Waals surface area contributed by atoms with E-state index in [9.17, 15) is 9.59 Å². The molecule has 0 fully saturated rings. The summed E-state index contributed by atoms with van der Waals surface area (Å²) in [6.07, 6.45) is 0. The summed E-state index contributed by atoms with van der Waals surface area (Å²) in [7, 11) is 0. The SMILES string of the molecule is O=C(NOCc1ccccc1)c1ccc(NC(=O)c2cccs2)cc1. The molecule has 3 rings (SSSR count). The Hall–Kier alpha value is -2.96. The van der Waals surface area contributed by atoms with Crippen LogP contribution >= 0.6 is 11.3 Å². The van der Waals surface area contributed by atoms with E-state index in [-0.39, 0.29) is 11.8 Å². The lowest BCUT2D eigenvalue weighted by Crippen LogP contribution is -2.23. The van der Waals surface area contributed by atoms with E-state index < -0.39 is 0 Å². The maximum Gasteiger partial charge on any atom is 0.274 e. The summed E-state index contributed by atoms with van der Waals surface area (Å²) in [6, 6.07) is 19.8. The van der Waals surface area contributed by atoms with E-state index in [1.165, 1.54) is 11.3 Å². The highest BCUT2D eigenvalue weighted by Gasteiger charge is 2.09. The third kappa shape index (κ3) is 4.76. The molecule has 0 unspecified atom stereocenters. The lowest BCUT2D eigenvalue weighted by Gasteiger charge is -2.07. The summed E-state index contributed by atoms with van der Waals surface area (Å²) in [5.74, 6) is -0.509. The highest BCUT2D eigenvalue weighted by Crippen LogP contribution is 2.14. The fourth-order valence-corrected chi connectivity index (χ4v) is 2.74. The molecule has 0 spiro atoms. The van der Waals surface area contributed by atoms with E-state index in [2.05, 4.69) is 10.8 Å². The predicted molar refractivity (Wildman–Crippen MR) is 97.4 cm³/mol. The number of rotatable bonds is 6. The van der Waals surface area contributed by atoms with Crippen molar-refractivity contribution in [1.82, 2.24) is 5.48 Å². The summed E-state index contributed by atoms with van der Waals surface area (Å²) < 4.78 is 0. The molecule has 0 aliphatic rings. The first kappa shape index (κ1) is 16.9. The first-order valence-corrected chi connectivity index (χ1v) is 8.51.